The molecule has 0 spiro atoms. The highest BCUT2D eigenvalue weighted by molar-refractivity contribution is 5.48. The van der Waals surface area contributed by atoms with Crippen molar-refractivity contribution in [2.75, 3.05) is 32.7 Å². The molecule has 1 fully saturated rings. The van der Waals surface area contributed by atoms with Crippen LogP contribution in [-0.4, -0.2) is 42.5 Å². The van der Waals surface area contributed by atoms with E-state index in [9.17, 15) is 8.78 Å². The second-order valence-corrected chi connectivity index (χ2v) is 6.09. The summed E-state index contributed by atoms with van der Waals surface area (Å²) in [5.41, 5.74) is 1.38. The number of nitrogens with zero attached hydrogens (tertiary/aromatic N) is 2. The van der Waals surface area contributed by atoms with E-state index in [-0.39, 0.29) is 5.56 Å². The normalized spacial score (nSPS) is 16.8. The topological polar surface area (TPSA) is 6.48 Å². The molecule has 0 radical (unpaired) electrons. The molecule has 24 heavy (non-hydrogen) atoms. The van der Waals surface area contributed by atoms with E-state index in [1.54, 1.807) is 0 Å². The van der Waals surface area contributed by atoms with Crippen molar-refractivity contribution < 1.29 is 8.78 Å². The van der Waals surface area contributed by atoms with Gasteiger partial charge in [0.25, 0.3) is 0 Å². The van der Waals surface area contributed by atoms with Gasteiger partial charge in [0.2, 0.25) is 0 Å². The number of hydrogen-bond acceptors (Lipinski definition) is 2. The van der Waals surface area contributed by atoms with Gasteiger partial charge in [0.1, 0.15) is 11.6 Å². The highest BCUT2D eigenvalue weighted by atomic mass is 19.1. The fourth-order valence-electron chi connectivity index (χ4n) is 2.94. The molecule has 1 heterocycles. The molecule has 0 amide bonds. The van der Waals surface area contributed by atoms with Crippen LogP contribution in [0.15, 0.2) is 54.6 Å². The standard InChI is InChI=1S/C20H22F2N2/c21-19-9-4-10-20(22)18(19)16-24-14-12-23(13-15-24)11-5-8-17-6-2-1-3-7-17/h1-10H,11-16H2. The number of halogens is 2. The molecular formula is C20H22F2N2. The lowest BCUT2D eigenvalue weighted by atomic mass is 10.1. The van der Waals surface area contributed by atoms with Crippen molar-refractivity contribution in [3.8, 4) is 0 Å². The highest BCUT2D eigenvalue weighted by Gasteiger charge is 2.18. The number of hydrogen-bond donors (Lipinski definition) is 0. The van der Waals surface area contributed by atoms with Crippen LogP contribution in [0.5, 0.6) is 0 Å². The van der Waals surface area contributed by atoms with Gasteiger partial charge in [-0.05, 0) is 17.7 Å². The Bertz CT molecular complexity index is 657. The first-order valence-corrected chi connectivity index (χ1v) is 8.31. The summed E-state index contributed by atoms with van der Waals surface area (Å²) in [6.45, 7) is 4.72. The first kappa shape index (κ1) is 16.8. The van der Waals surface area contributed by atoms with Gasteiger partial charge in [0.05, 0.1) is 0 Å². The molecule has 0 aliphatic carbocycles. The molecule has 2 aromatic rings. The zero-order valence-corrected chi connectivity index (χ0v) is 13.7. The molecular weight excluding hydrogens is 306 g/mol. The van der Waals surface area contributed by atoms with Gasteiger partial charge in [-0.1, -0.05) is 48.6 Å². The maximum absolute atomic E-state index is 13.7. The van der Waals surface area contributed by atoms with Gasteiger partial charge in [-0.15, -0.1) is 0 Å². The van der Waals surface area contributed by atoms with Crippen molar-refractivity contribution in [1.29, 1.82) is 0 Å². The van der Waals surface area contributed by atoms with Crippen molar-refractivity contribution >= 4 is 6.08 Å². The zero-order valence-electron chi connectivity index (χ0n) is 13.7. The van der Waals surface area contributed by atoms with Crippen molar-refractivity contribution in [2.24, 2.45) is 0 Å². The van der Waals surface area contributed by atoms with E-state index in [2.05, 4.69) is 34.1 Å². The third-order valence-corrected chi connectivity index (χ3v) is 4.38. The largest absolute Gasteiger partial charge is 0.297 e. The second-order valence-electron chi connectivity index (χ2n) is 6.09. The Labute approximate surface area is 142 Å². The minimum Gasteiger partial charge on any atom is -0.297 e. The van der Waals surface area contributed by atoms with Crippen molar-refractivity contribution in [2.45, 2.75) is 6.54 Å². The molecule has 2 aromatic carbocycles. The predicted octanol–water partition coefficient (Wildman–Crippen LogP) is 3.80. The molecule has 0 aromatic heterocycles. The van der Waals surface area contributed by atoms with Crippen LogP contribution in [-0.2, 0) is 6.54 Å². The van der Waals surface area contributed by atoms with Crippen LogP contribution >= 0.6 is 0 Å². The van der Waals surface area contributed by atoms with E-state index in [4.69, 9.17) is 0 Å². The fraction of sp³-hybridized carbons (Fsp3) is 0.300. The Balaban J connectivity index is 1.47. The second kappa shape index (κ2) is 8.18. The maximum atomic E-state index is 13.7. The van der Waals surface area contributed by atoms with Crippen LogP contribution in [0.3, 0.4) is 0 Å². The lowest BCUT2D eigenvalue weighted by Gasteiger charge is -2.34. The molecule has 3 rings (SSSR count). The third-order valence-electron chi connectivity index (χ3n) is 4.38. The van der Waals surface area contributed by atoms with E-state index in [1.807, 2.05) is 18.2 Å². The van der Waals surface area contributed by atoms with E-state index in [0.717, 1.165) is 32.7 Å². The molecule has 0 atom stereocenters. The Kier molecular flexibility index (Phi) is 5.72. The SMILES string of the molecule is Fc1cccc(F)c1CN1CCN(CC=Cc2ccccc2)CC1. The van der Waals surface area contributed by atoms with Crippen LogP contribution < -0.4 is 0 Å². The number of piperazine rings is 1. The summed E-state index contributed by atoms with van der Waals surface area (Å²) < 4.78 is 27.4. The molecule has 0 saturated carbocycles. The van der Waals surface area contributed by atoms with Crippen LogP contribution in [0, 0.1) is 11.6 Å². The van der Waals surface area contributed by atoms with Gasteiger partial charge in [-0.3, -0.25) is 9.80 Å². The van der Waals surface area contributed by atoms with Gasteiger partial charge in [0.15, 0.2) is 0 Å². The summed E-state index contributed by atoms with van der Waals surface area (Å²) in [4.78, 5) is 4.46. The van der Waals surface area contributed by atoms with E-state index < -0.39 is 11.6 Å². The molecule has 0 bridgehead atoms. The number of benzene rings is 2. The van der Waals surface area contributed by atoms with E-state index in [0.29, 0.717) is 6.54 Å². The Morgan fingerprint density at radius 3 is 2.08 bits per heavy atom. The zero-order chi connectivity index (χ0) is 16.8. The van der Waals surface area contributed by atoms with Gasteiger partial charge in [0, 0.05) is 44.8 Å². The highest BCUT2D eigenvalue weighted by Crippen LogP contribution is 2.16. The third kappa shape index (κ3) is 4.49. The lowest BCUT2D eigenvalue weighted by Crippen LogP contribution is -2.45. The van der Waals surface area contributed by atoms with Gasteiger partial charge < -0.3 is 0 Å². The van der Waals surface area contributed by atoms with Gasteiger partial charge in [-0.25, -0.2) is 8.78 Å². The fourth-order valence-corrected chi connectivity index (χ4v) is 2.94. The van der Waals surface area contributed by atoms with Crippen LogP contribution in [0.1, 0.15) is 11.1 Å². The Hall–Kier alpha value is -2.04. The monoisotopic (exact) mass is 328 g/mol. The first-order chi connectivity index (χ1) is 11.7. The molecule has 0 N–H and O–H groups in total. The van der Waals surface area contributed by atoms with Crippen LogP contribution in [0.25, 0.3) is 6.08 Å². The van der Waals surface area contributed by atoms with Gasteiger partial charge >= 0.3 is 0 Å². The lowest BCUT2D eigenvalue weighted by molar-refractivity contribution is 0.134. The summed E-state index contributed by atoms with van der Waals surface area (Å²) in [6, 6.07) is 14.3. The van der Waals surface area contributed by atoms with Crippen molar-refractivity contribution in [3.05, 3.63) is 77.4 Å². The summed E-state index contributed by atoms with van der Waals surface area (Å²) >= 11 is 0. The maximum Gasteiger partial charge on any atom is 0.130 e. The van der Waals surface area contributed by atoms with Crippen LogP contribution in [0.2, 0.25) is 0 Å². The average Bonchev–Trinajstić information content (AvgIpc) is 2.61. The Morgan fingerprint density at radius 1 is 0.792 bits per heavy atom. The van der Waals surface area contributed by atoms with E-state index >= 15 is 0 Å². The predicted molar refractivity (Wildman–Crippen MR) is 93.6 cm³/mol. The molecule has 1 aliphatic heterocycles. The molecule has 2 nitrogen and oxygen atoms in total. The molecule has 1 saturated heterocycles. The molecule has 4 heteroatoms. The summed E-state index contributed by atoms with van der Waals surface area (Å²) in [6.07, 6.45) is 4.29. The quantitative estimate of drug-likeness (QED) is 0.824. The van der Waals surface area contributed by atoms with E-state index in [1.165, 1.54) is 23.8 Å². The average molecular weight is 328 g/mol. The minimum absolute atomic E-state index is 0.176. The molecule has 1 aliphatic rings. The summed E-state index contributed by atoms with van der Waals surface area (Å²) in [5.74, 6) is -0.911. The molecule has 126 valence electrons. The smallest absolute Gasteiger partial charge is 0.130 e. The first-order valence-electron chi connectivity index (χ1n) is 8.31. The summed E-state index contributed by atoms with van der Waals surface area (Å²) in [7, 11) is 0. The van der Waals surface area contributed by atoms with Gasteiger partial charge in [-0.2, -0.15) is 0 Å². The van der Waals surface area contributed by atoms with Crippen LogP contribution in [0.4, 0.5) is 8.78 Å². The Morgan fingerprint density at radius 2 is 1.42 bits per heavy atom. The minimum atomic E-state index is -0.455. The summed E-state index contributed by atoms with van der Waals surface area (Å²) in [5, 5.41) is 0. The van der Waals surface area contributed by atoms with Crippen molar-refractivity contribution in [3.63, 3.8) is 0 Å². The molecule has 0 unspecified atom stereocenters. The number of rotatable bonds is 5. The van der Waals surface area contributed by atoms with Crippen molar-refractivity contribution in [1.82, 2.24) is 9.80 Å².